The molecule has 8 nitrogen and oxygen atoms in total. The number of hydrogen-bond acceptors (Lipinski definition) is 7. The number of aromatic nitrogens is 1. The second-order valence-corrected chi connectivity index (χ2v) is 14.3. The molecule has 2 aliphatic carbocycles. The number of thioether (sulfide) groups is 1. The van der Waals surface area contributed by atoms with Crippen LogP contribution in [0.15, 0.2) is 88.7 Å². The van der Waals surface area contributed by atoms with Crippen LogP contribution in [0.5, 0.6) is 5.75 Å². The standard InChI is InChI=1S/C34H29N3O5S2/c1-17-10-12-19(13-11-17)35-24(38)16-42-21-9-5-6-18(14-21)25-26-22-15-23(29(26)43-31-30(25)44-34(41)36-31)28-27(22)32(39)37(33(28)40)20-7-3-2-4-8-20/h2-14,22-23,25-29H,15-16H2,1H3,(H,35,38)(H,36,41)/t22-,23-,25-,26?,27?,28?,29?/m1/s1. The van der Waals surface area contributed by atoms with E-state index in [-0.39, 0.29) is 70.0 Å². The number of imide groups is 1. The molecule has 7 atom stereocenters. The minimum absolute atomic E-state index is 0.0212. The van der Waals surface area contributed by atoms with Gasteiger partial charge in [-0.3, -0.25) is 24.1 Å². The van der Waals surface area contributed by atoms with Gasteiger partial charge in [-0.25, -0.2) is 0 Å². The molecular formula is C34H29N3O5S2. The zero-order valence-corrected chi connectivity index (χ0v) is 25.4. The third-order valence-corrected chi connectivity index (χ3v) is 12.2. The summed E-state index contributed by atoms with van der Waals surface area (Å²) in [6.45, 7) is 1.84. The molecule has 1 aromatic heterocycles. The predicted octanol–water partition coefficient (Wildman–Crippen LogP) is 5.44. The zero-order chi connectivity index (χ0) is 30.1. The van der Waals surface area contributed by atoms with Crippen LogP contribution in [-0.4, -0.2) is 34.6 Å². The molecule has 2 aliphatic heterocycles. The Bertz CT molecular complexity index is 1850. The number of H-pyrrole nitrogens is 1. The second kappa shape index (κ2) is 10.5. The first-order chi connectivity index (χ1) is 21.4. The summed E-state index contributed by atoms with van der Waals surface area (Å²) in [5.74, 6) is -0.580. The van der Waals surface area contributed by atoms with E-state index in [1.54, 1.807) is 11.8 Å². The molecule has 10 heteroatoms. The number of aryl methyl sites for hydroxylation is 1. The maximum absolute atomic E-state index is 13.9. The fourth-order valence-electron chi connectivity index (χ4n) is 8.00. The molecule has 3 aromatic carbocycles. The number of nitrogens with zero attached hydrogens (tertiary/aromatic N) is 1. The summed E-state index contributed by atoms with van der Waals surface area (Å²) in [5.41, 5.74) is 3.43. The van der Waals surface area contributed by atoms with Gasteiger partial charge in [0.2, 0.25) is 11.8 Å². The lowest BCUT2D eigenvalue weighted by Crippen LogP contribution is -2.42. The van der Waals surface area contributed by atoms with Crippen molar-refractivity contribution in [2.24, 2.45) is 29.6 Å². The van der Waals surface area contributed by atoms with Gasteiger partial charge < -0.3 is 15.0 Å². The number of ether oxygens (including phenoxy) is 1. The topological polar surface area (TPSA) is 109 Å². The molecule has 2 N–H and O–H groups in total. The quantitative estimate of drug-likeness (QED) is 0.277. The van der Waals surface area contributed by atoms with E-state index in [2.05, 4.69) is 10.3 Å². The average molecular weight is 624 g/mol. The molecule has 8 rings (SSSR count). The number of fused-ring (bicyclic) bond motifs is 9. The van der Waals surface area contributed by atoms with Gasteiger partial charge in [-0.1, -0.05) is 59.4 Å². The number of thiazole rings is 1. The number of carbonyl (C=O) groups excluding carboxylic acids is 3. The third-order valence-electron chi connectivity index (χ3n) is 9.66. The summed E-state index contributed by atoms with van der Waals surface area (Å²) in [6.07, 6.45) is 0.822. The zero-order valence-electron chi connectivity index (χ0n) is 23.8. The number of amides is 3. The van der Waals surface area contributed by atoms with Crippen molar-refractivity contribution in [1.82, 2.24) is 4.98 Å². The van der Waals surface area contributed by atoms with Gasteiger partial charge in [0.05, 0.1) is 22.5 Å². The van der Waals surface area contributed by atoms with Crippen molar-refractivity contribution in [3.05, 3.63) is 105 Å². The largest absolute Gasteiger partial charge is 0.484 e. The summed E-state index contributed by atoms with van der Waals surface area (Å²) in [6, 6.07) is 24.5. The van der Waals surface area contributed by atoms with Crippen LogP contribution in [0, 0.1) is 36.5 Å². The van der Waals surface area contributed by atoms with E-state index in [9.17, 15) is 19.2 Å². The Morgan fingerprint density at radius 1 is 0.955 bits per heavy atom. The summed E-state index contributed by atoms with van der Waals surface area (Å²) in [5, 5.41) is 3.81. The molecule has 4 unspecified atom stereocenters. The Morgan fingerprint density at radius 3 is 2.48 bits per heavy atom. The molecule has 3 fully saturated rings. The van der Waals surface area contributed by atoms with Crippen molar-refractivity contribution in [1.29, 1.82) is 0 Å². The van der Waals surface area contributed by atoms with Gasteiger partial charge in [-0.2, -0.15) is 0 Å². The molecule has 0 spiro atoms. The summed E-state index contributed by atoms with van der Waals surface area (Å²) in [4.78, 5) is 58.2. The Balaban J connectivity index is 1.09. The molecule has 4 aromatic rings. The van der Waals surface area contributed by atoms with Crippen LogP contribution >= 0.6 is 23.1 Å². The fourth-order valence-corrected chi connectivity index (χ4v) is 10.9. The number of para-hydroxylation sites is 1. The molecule has 44 heavy (non-hydrogen) atoms. The van der Waals surface area contributed by atoms with Gasteiger partial charge in [0.25, 0.3) is 5.91 Å². The highest BCUT2D eigenvalue weighted by Crippen LogP contribution is 2.68. The molecule has 3 amide bonds. The van der Waals surface area contributed by atoms with Gasteiger partial charge >= 0.3 is 4.87 Å². The van der Waals surface area contributed by atoms with Crippen LogP contribution in [-0.2, 0) is 14.4 Å². The number of aromatic amines is 1. The van der Waals surface area contributed by atoms with Gasteiger partial charge in [-0.15, -0.1) is 11.8 Å². The predicted molar refractivity (Wildman–Crippen MR) is 169 cm³/mol. The highest BCUT2D eigenvalue weighted by atomic mass is 32.2. The van der Waals surface area contributed by atoms with Crippen LogP contribution in [0.2, 0.25) is 0 Å². The van der Waals surface area contributed by atoms with E-state index < -0.39 is 0 Å². The van der Waals surface area contributed by atoms with E-state index in [0.29, 0.717) is 17.1 Å². The maximum Gasteiger partial charge on any atom is 0.305 e. The van der Waals surface area contributed by atoms with E-state index in [0.717, 1.165) is 27.5 Å². The van der Waals surface area contributed by atoms with Gasteiger partial charge in [-0.05, 0) is 73.1 Å². The van der Waals surface area contributed by atoms with Crippen molar-refractivity contribution in [3.63, 3.8) is 0 Å². The lowest BCUT2D eigenvalue weighted by atomic mass is 9.68. The number of nitrogens with one attached hydrogen (secondary N) is 2. The Labute approximate surface area is 261 Å². The summed E-state index contributed by atoms with van der Waals surface area (Å²) < 4.78 is 5.94. The molecule has 4 aliphatic rings. The first-order valence-corrected chi connectivity index (χ1v) is 16.5. The van der Waals surface area contributed by atoms with Crippen molar-refractivity contribution in [2.75, 3.05) is 16.8 Å². The monoisotopic (exact) mass is 623 g/mol. The Morgan fingerprint density at radius 2 is 1.70 bits per heavy atom. The Kier molecular flexibility index (Phi) is 6.53. The van der Waals surface area contributed by atoms with Crippen molar-refractivity contribution in [3.8, 4) is 5.75 Å². The maximum atomic E-state index is 13.9. The van der Waals surface area contributed by atoms with Crippen LogP contribution in [0.4, 0.5) is 11.4 Å². The van der Waals surface area contributed by atoms with Gasteiger partial charge in [0.1, 0.15) is 5.75 Å². The SMILES string of the molecule is Cc1ccc(NC(=O)COc2cccc([C@H]3c4sc(=O)[nH]c4SC4C3[C@H]3C[C@@H]4C4C(=O)N(c5ccccc5)C(=O)C43)c2)cc1. The fraction of sp³-hybridized carbons (Fsp3) is 0.294. The van der Waals surface area contributed by atoms with Crippen LogP contribution < -0.4 is 19.8 Å². The van der Waals surface area contributed by atoms with Gasteiger partial charge in [0.15, 0.2) is 6.61 Å². The number of rotatable bonds is 6. The van der Waals surface area contributed by atoms with E-state index in [4.69, 9.17) is 4.74 Å². The number of carbonyl (C=O) groups is 3. The number of benzene rings is 3. The highest BCUT2D eigenvalue weighted by Gasteiger charge is 2.69. The van der Waals surface area contributed by atoms with E-state index in [1.807, 2.05) is 85.8 Å². The molecule has 2 saturated carbocycles. The average Bonchev–Trinajstić information content (AvgIpc) is 3.76. The van der Waals surface area contributed by atoms with Crippen molar-refractivity contribution >= 4 is 52.2 Å². The molecule has 3 heterocycles. The van der Waals surface area contributed by atoms with E-state index in [1.165, 1.54) is 16.2 Å². The lowest BCUT2D eigenvalue weighted by molar-refractivity contribution is -0.123. The molecular weight excluding hydrogens is 595 g/mol. The first-order valence-electron chi connectivity index (χ1n) is 14.8. The Hall–Kier alpha value is -4.15. The normalized spacial score (nSPS) is 28.0. The minimum atomic E-state index is -0.362. The molecule has 1 saturated heterocycles. The third kappa shape index (κ3) is 4.34. The van der Waals surface area contributed by atoms with Gasteiger partial charge in [0, 0.05) is 21.7 Å². The van der Waals surface area contributed by atoms with Crippen LogP contribution in [0.25, 0.3) is 0 Å². The number of hydrogen-bond donors (Lipinski definition) is 2. The first kappa shape index (κ1) is 27.4. The lowest BCUT2D eigenvalue weighted by Gasteiger charge is -2.43. The number of anilines is 2. The molecule has 2 bridgehead atoms. The molecule has 222 valence electrons. The van der Waals surface area contributed by atoms with Crippen molar-refractivity contribution in [2.45, 2.75) is 29.5 Å². The molecule has 0 radical (unpaired) electrons. The summed E-state index contributed by atoms with van der Waals surface area (Å²) in [7, 11) is 0. The highest BCUT2D eigenvalue weighted by molar-refractivity contribution is 8.00. The van der Waals surface area contributed by atoms with Crippen LogP contribution in [0.3, 0.4) is 0 Å². The second-order valence-electron chi connectivity index (χ2n) is 12.1. The van der Waals surface area contributed by atoms with E-state index >= 15 is 0 Å². The summed E-state index contributed by atoms with van der Waals surface area (Å²) >= 11 is 2.89. The smallest absolute Gasteiger partial charge is 0.305 e. The van der Waals surface area contributed by atoms with Crippen LogP contribution in [0.1, 0.15) is 28.3 Å². The minimum Gasteiger partial charge on any atom is -0.484 e. The van der Waals surface area contributed by atoms with Crippen molar-refractivity contribution < 1.29 is 19.1 Å².